The molecule has 2 aromatic heterocycles. The van der Waals surface area contributed by atoms with Gasteiger partial charge in [-0.3, -0.25) is 19.0 Å². The quantitative estimate of drug-likeness (QED) is 0.783. The van der Waals surface area contributed by atoms with Crippen molar-refractivity contribution in [2.45, 2.75) is 39.4 Å². The molecule has 2 heterocycles. The van der Waals surface area contributed by atoms with E-state index in [9.17, 15) is 9.59 Å². The number of aliphatic carboxylic acids is 1. The number of aryl methyl sites for hydroxylation is 2. The molecule has 2 rings (SSSR count). The van der Waals surface area contributed by atoms with Crippen LogP contribution in [0.5, 0.6) is 0 Å². The van der Waals surface area contributed by atoms with E-state index in [1.807, 2.05) is 26.1 Å². The van der Waals surface area contributed by atoms with Gasteiger partial charge in [0.2, 0.25) is 0 Å². The first-order valence-corrected chi connectivity index (χ1v) is 7.00. The van der Waals surface area contributed by atoms with Crippen LogP contribution in [-0.4, -0.2) is 42.6 Å². The van der Waals surface area contributed by atoms with Gasteiger partial charge in [0.15, 0.2) is 0 Å². The highest BCUT2D eigenvalue weighted by Crippen LogP contribution is 2.02. The van der Waals surface area contributed by atoms with Crippen molar-refractivity contribution in [1.29, 1.82) is 0 Å². The molecular weight excluding hydrogens is 286 g/mol. The minimum Gasteiger partial charge on any atom is -0.481 e. The minimum absolute atomic E-state index is 0.0793. The van der Waals surface area contributed by atoms with E-state index in [1.54, 1.807) is 10.7 Å². The molecule has 0 spiro atoms. The molecule has 118 valence electrons. The third kappa shape index (κ3) is 4.18. The van der Waals surface area contributed by atoms with Crippen LogP contribution < -0.4 is 5.32 Å². The monoisotopic (exact) mass is 305 g/mol. The lowest BCUT2D eigenvalue weighted by atomic mass is 10.3. The molecule has 1 atom stereocenters. The van der Waals surface area contributed by atoms with Crippen LogP contribution in [0.2, 0.25) is 0 Å². The van der Waals surface area contributed by atoms with E-state index in [1.165, 1.54) is 10.9 Å². The summed E-state index contributed by atoms with van der Waals surface area (Å²) in [5, 5.41) is 19.8. The maximum atomic E-state index is 12.2. The molecule has 0 aromatic carbocycles. The molecule has 0 aliphatic rings. The number of carboxylic acids is 1. The van der Waals surface area contributed by atoms with Crippen LogP contribution >= 0.6 is 0 Å². The molecule has 22 heavy (non-hydrogen) atoms. The number of carbonyl (C=O) groups is 2. The van der Waals surface area contributed by atoms with Crippen molar-refractivity contribution in [2.75, 3.05) is 0 Å². The second-order valence-electron chi connectivity index (χ2n) is 5.14. The molecule has 0 aliphatic heterocycles. The molecule has 8 nitrogen and oxygen atoms in total. The summed E-state index contributed by atoms with van der Waals surface area (Å²) < 4.78 is 3.16. The van der Waals surface area contributed by atoms with Crippen LogP contribution in [0.3, 0.4) is 0 Å². The van der Waals surface area contributed by atoms with Gasteiger partial charge in [-0.15, -0.1) is 0 Å². The third-order valence-electron chi connectivity index (χ3n) is 3.10. The zero-order valence-electron chi connectivity index (χ0n) is 12.6. The van der Waals surface area contributed by atoms with Gasteiger partial charge in [0, 0.05) is 18.4 Å². The summed E-state index contributed by atoms with van der Waals surface area (Å²) in [5.41, 5.74) is 1.27. The summed E-state index contributed by atoms with van der Waals surface area (Å²) in [5.74, 6) is -1.21. The second kappa shape index (κ2) is 6.88. The Morgan fingerprint density at radius 1 is 1.41 bits per heavy atom. The number of aromatic nitrogens is 4. The minimum atomic E-state index is -0.927. The lowest BCUT2D eigenvalue weighted by molar-refractivity contribution is -0.137. The fourth-order valence-electron chi connectivity index (χ4n) is 2.09. The average molecular weight is 305 g/mol. The number of carboxylic acid groups (broad SMARTS) is 1. The highest BCUT2D eigenvalue weighted by Gasteiger charge is 2.15. The van der Waals surface area contributed by atoms with Crippen molar-refractivity contribution in [3.05, 3.63) is 35.9 Å². The van der Waals surface area contributed by atoms with Crippen molar-refractivity contribution in [3.63, 3.8) is 0 Å². The number of carbonyl (C=O) groups excluding carboxylic acids is 1. The summed E-state index contributed by atoms with van der Waals surface area (Å²) in [6.07, 6.45) is 3.26. The van der Waals surface area contributed by atoms with Crippen LogP contribution in [0.15, 0.2) is 24.5 Å². The number of amides is 1. The van der Waals surface area contributed by atoms with Crippen molar-refractivity contribution in [1.82, 2.24) is 24.9 Å². The Morgan fingerprint density at radius 3 is 2.82 bits per heavy atom. The van der Waals surface area contributed by atoms with Gasteiger partial charge in [0.25, 0.3) is 5.91 Å². The van der Waals surface area contributed by atoms with Crippen LogP contribution in [-0.2, 0) is 17.9 Å². The van der Waals surface area contributed by atoms with Gasteiger partial charge in [-0.25, -0.2) is 0 Å². The Morgan fingerprint density at radius 2 is 2.18 bits per heavy atom. The molecular formula is C14H19N5O3. The SMILES string of the molecule is Cc1ccn(CC(C)NC(=O)c2ccnn2CCC(=O)O)n1. The van der Waals surface area contributed by atoms with E-state index in [2.05, 4.69) is 15.5 Å². The van der Waals surface area contributed by atoms with Crippen molar-refractivity contribution in [2.24, 2.45) is 0 Å². The molecule has 1 amide bonds. The molecule has 0 fully saturated rings. The number of hydrogen-bond acceptors (Lipinski definition) is 4. The zero-order chi connectivity index (χ0) is 16.1. The predicted molar refractivity (Wildman–Crippen MR) is 78.4 cm³/mol. The van der Waals surface area contributed by atoms with E-state index in [0.717, 1.165) is 5.69 Å². The summed E-state index contributed by atoms with van der Waals surface area (Å²) in [6, 6.07) is 3.35. The Balaban J connectivity index is 1.94. The van der Waals surface area contributed by atoms with Gasteiger partial charge in [-0.05, 0) is 26.0 Å². The topological polar surface area (TPSA) is 102 Å². The number of hydrogen-bond donors (Lipinski definition) is 2. The van der Waals surface area contributed by atoms with Crippen molar-refractivity contribution < 1.29 is 14.7 Å². The van der Waals surface area contributed by atoms with E-state index in [-0.39, 0.29) is 24.9 Å². The smallest absolute Gasteiger partial charge is 0.305 e. The third-order valence-corrected chi connectivity index (χ3v) is 3.10. The van der Waals surface area contributed by atoms with Crippen LogP contribution in [0.25, 0.3) is 0 Å². The highest BCUT2D eigenvalue weighted by molar-refractivity contribution is 5.92. The van der Waals surface area contributed by atoms with Gasteiger partial charge < -0.3 is 10.4 Å². The number of rotatable bonds is 7. The fraction of sp³-hybridized carbons (Fsp3) is 0.429. The van der Waals surface area contributed by atoms with Gasteiger partial charge in [0.1, 0.15) is 5.69 Å². The largest absolute Gasteiger partial charge is 0.481 e. The predicted octanol–water partition coefficient (Wildman–Crippen LogP) is 0.681. The van der Waals surface area contributed by atoms with Crippen LogP contribution in [0, 0.1) is 6.92 Å². The van der Waals surface area contributed by atoms with E-state index in [4.69, 9.17) is 5.11 Å². The highest BCUT2D eigenvalue weighted by atomic mass is 16.4. The van der Waals surface area contributed by atoms with Crippen LogP contribution in [0.4, 0.5) is 0 Å². The summed E-state index contributed by atoms with van der Waals surface area (Å²) >= 11 is 0. The maximum Gasteiger partial charge on any atom is 0.305 e. The zero-order valence-corrected chi connectivity index (χ0v) is 12.6. The Labute approximate surface area is 127 Å². The fourth-order valence-corrected chi connectivity index (χ4v) is 2.09. The first-order chi connectivity index (χ1) is 10.5. The molecule has 2 N–H and O–H groups in total. The average Bonchev–Trinajstić information content (AvgIpc) is 3.05. The molecule has 1 unspecified atom stereocenters. The Hall–Kier alpha value is -2.64. The number of nitrogens with one attached hydrogen (secondary N) is 1. The van der Waals surface area contributed by atoms with E-state index >= 15 is 0 Å². The number of nitrogens with zero attached hydrogens (tertiary/aromatic N) is 4. The van der Waals surface area contributed by atoms with Gasteiger partial charge in [-0.1, -0.05) is 0 Å². The van der Waals surface area contributed by atoms with E-state index < -0.39 is 5.97 Å². The van der Waals surface area contributed by atoms with Gasteiger partial charge in [-0.2, -0.15) is 10.2 Å². The van der Waals surface area contributed by atoms with Crippen LogP contribution in [0.1, 0.15) is 29.5 Å². The summed E-state index contributed by atoms with van der Waals surface area (Å²) in [6.45, 7) is 4.51. The maximum absolute atomic E-state index is 12.2. The Kier molecular flexibility index (Phi) is 4.92. The molecule has 0 aliphatic carbocycles. The Bertz CT molecular complexity index is 661. The normalized spacial score (nSPS) is 12.1. The molecule has 0 saturated heterocycles. The molecule has 0 radical (unpaired) electrons. The molecule has 0 saturated carbocycles. The second-order valence-corrected chi connectivity index (χ2v) is 5.14. The first kappa shape index (κ1) is 15.7. The molecule has 2 aromatic rings. The van der Waals surface area contributed by atoms with Crippen molar-refractivity contribution >= 4 is 11.9 Å². The van der Waals surface area contributed by atoms with E-state index in [0.29, 0.717) is 12.2 Å². The van der Waals surface area contributed by atoms with Gasteiger partial charge in [0.05, 0.1) is 25.2 Å². The summed E-state index contributed by atoms with van der Waals surface area (Å²) in [7, 11) is 0. The molecule has 0 bridgehead atoms. The first-order valence-electron chi connectivity index (χ1n) is 7.00. The van der Waals surface area contributed by atoms with Crippen molar-refractivity contribution in [3.8, 4) is 0 Å². The summed E-state index contributed by atoms with van der Waals surface area (Å²) in [4.78, 5) is 22.8. The molecule has 8 heteroatoms. The lowest BCUT2D eigenvalue weighted by Gasteiger charge is -2.14. The van der Waals surface area contributed by atoms with Gasteiger partial charge >= 0.3 is 5.97 Å². The lowest BCUT2D eigenvalue weighted by Crippen LogP contribution is -2.37. The standard InChI is InChI=1S/C14H19N5O3/c1-10-4-7-18(17-10)9-11(2)16-14(22)12-3-6-15-19(12)8-5-13(20)21/h3-4,6-7,11H,5,8-9H2,1-2H3,(H,16,22)(H,20,21).